The normalized spacial score (nSPS) is 26.0. The molecular formula is C12H19N3O3S. The maximum atomic E-state index is 12.5. The molecule has 6 nitrogen and oxygen atoms in total. The van der Waals surface area contributed by atoms with Gasteiger partial charge in [-0.1, -0.05) is 0 Å². The van der Waals surface area contributed by atoms with Crippen molar-refractivity contribution in [2.24, 2.45) is 0 Å². The Balaban J connectivity index is 2.28. The van der Waals surface area contributed by atoms with Crippen LogP contribution in [0.3, 0.4) is 0 Å². The summed E-state index contributed by atoms with van der Waals surface area (Å²) in [7, 11) is -3.63. The number of hydrogen-bond donors (Lipinski definition) is 2. The zero-order valence-corrected chi connectivity index (χ0v) is 11.7. The standard InChI is InChI=1S/C12H19N3O3S/c1-12(16)4-2-7-15(8-5-12)19(17,18)11-9-14-6-3-10(11)13/h3,6,9,16H,2,4-5,7-8H2,1H3,(H2,13,14). The molecule has 2 rings (SSSR count). The topological polar surface area (TPSA) is 96.5 Å². The lowest BCUT2D eigenvalue weighted by atomic mass is 9.98. The van der Waals surface area contributed by atoms with Crippen LogP contribution in [-0.2, 0) is 10.0 Å². The van der Waals surface area contributed by atoms with Crippen LogP contribution < -0.4 is 5.73 Å². The van der Waals surface area contributed by atoms with E-state index in [1.54, 1.807) is 6.92 Å². The van der Waals surface area contributed by atoms with E-state index in [2.05, 4.69) is 4.98 Å². The molecule has 106 valence electrons. The molecular weight excluding hydrogens is 266 g/mol. The summed E-state index contributed by atoms with van der Waals surface area (Å²) in [5, 5.41) is 10.0. The first kappa shape index (κ1) is 14.2. The summed E-state index contributed by atoms with van der Waals surface area (Å²) >= 11 is 0. The molecule has 1 atom stereocenters. The van der Waals surface area contributed by atoms with Gasteiger partial charge in [0.2, 0.25) is 10.0 Å². The second kappa shape index (κ2) is 5.07. The number of aromatic nitrogens is 1. The average molecular weight is 285 g/mol. The SMILES string of the molecule is CC1(O)CCCN(S(=O)(=O)c2cnccc2N)CC1. The summed E-state index contributed by atoms with van der Waals surface area (Å²) in [6, 6.07) is 1.47. The highest BCUT2D eigenvalue weighted by molar-refractivity contribution is 7.89. The monoisotopic (exact) mass is 285 g/mol. The Morgan fingerprint density at radius 1 is 1.42 bits per heavy atom. The van der Waals surface area contributed by atoms with Crippen molar-refractivity contribution in [3.8, 4) is 0 Å². The molecule has 19 heavy (non-hydrogen) atoms. The van der Waals surface area contributed by atoms with Crippen molar-refractivity contribution in [3.63, 3.8) is 0 Å². The van der Waals surface area contributed by atoms with Crippen molar-refractivity contribution in [1.82, 2.24) is 9.29 Å². The van der Waals surface area contributed by atoms with Gasteiger partial charge in [-0.3, -0.25) is 4.98 Å². The quantitative estimate of drug-likeness (QED) is 0.829. The van der Waals surface area contributed by atoms with E-state index >= 15 is 0 Å². The first-order chi connectivity index (χ1) is 8.83. The molecule has 0 aromatic carbocycles. The van der Waals surface area contributed by atoms with E-state index < -0.39 is 15.6 Å². The third-order valence-corrected chi connectivity index (χ3v) is 5.40. The van der Waals surface area contributed by atoms with Gasteiger partial charge in [0, 0.05) is 25.5 Å². The zero-order valence-electron chi connectivity index (χ0n) is 10.9. The predicted octanol–water partition coefficient (Wildman–Crippen LogP) is 0.589. The van der Waals surface area contributed by atoms with Gasteiger partial charge < -0.3 is 10.8 Å². The van der Waals surface area contributed by atoms with E-state index in [0.717, 1.165) is 0 Å². The molecule has 1 aliphatic rings. The molecule has 1 aromatic rings. The zero-order chi connectivity index (χ0) is 14.1. The number of nitrogens with two attached hydrogens (primary N) is 1. The molecule has 2 heterocycles. The summed E-state index contributed by atoms with van der Waals surface area (Å²) in [6.45, 7) is 2.43. The molecule has 3 N–H and O–H groups in total. The third kappa shape index (κ3) is 3.05. The van der Waals surface area contributed by atoms with Crippen LogP contribution in [0.5, 0.6) is 0 Å². The van der Waals surface area contributed by atoms with Crippen LogP contribution in [0, 0.1) is 0 Å². The second-order valence-corrected chi connectivity index (χ2v) is 7.07. The number of hydrogen-bond acceptors (Lipinski definition) is 5. The van der Waals surface area contributed by atoms with Gasteiger partial charge in [-0.05, 0) is 32.3 Å². The van der Waals surface area contributed by atoms with E-state index in [4.69, 9.17) is 5.73 Å². The van der Waals surface area contributed by atoms with Crippen molar-refractivity contribution < 1.29 is 13.5 Å². The number of aliphatic hydroxyl groups is 1. The average Bonchev–Trinajstić information content (AvgIpc) is 2.51. The van der Waals surface area contributed by atoms with E-state index in [-0.39, 0.29) is 10.6 Å². The fourth-order valence-corrected chi connectivity index (χ4v) is 3.76. The van der Waals surface area contributed by atoms with Gasteiger partial charge in [-0.2, -0.15) is 4.31 Å². The number of anilines is 1. The minimum Gasteiger partial charge on any atom is -0.398 e. The lowest BCUT2D eigenvalue weighted by molar-refractivity contribution is 0.0465. The first-order valence-corrected chi connectivity index (χ1v) is 7.69. The Morgan fingerprint density at radius 2 is 2.16 bits per heavy atom. The third-order valence-electron chi connectivity index (χ3n) is 3.46. The van der Waals surface area contributed by atoms with Crippen LogP contribution >= 0.6 is 0 Å². The van der Waals surface area contributed by atoms with Crippen molar-refractivity contribution >= 4 is 15.7 Å². The van der Waals surface area contributed by atoms with Gasteiger partial charge in [0.05, 0.1) is 11.3 Å². The summed E-state index contributed by atoms with van der Waals surface area (Å²) < 4.78 is 26.4. The molecule has 1 fully saturated rings. The van der Waals surface area contributed by atoms with E-state index in [9.17, 15) is 13.5 Å². The van der Waals surface area contributed by atoms with Crippen LogP contribution in [0.25, 0.3) is 0 Å². The summed E-state index contributed by atoms with van der Waals surface area (Å²) in [4.78, 5) is 3.86. The Kier molecular flexibility index (Phi) is 3.80. The van der Waals surface area contributed by atoms with Crippen molar-refractivity contribution in [3.05, 3.63) is 18.5 Å². The number of pyridine rings is 1. The lowest BCUT2D eigenvalue weighted by Gasteiger charge is -2.22. The predicted molar refractivity (Wildman–Crippen MR) is 71.9 cm³/mol. The number of sulfonamides is 1. The Morgan fingerprint density at radius 3 is 2.84 bits per heavy atom. The van der Waals surface area contributed by atoms with E-state index in [1.807, 2.05) is 0 Å². The van der Waals surface area contributed by atoms with Gasteiger partial charge in [-0.25, -0.2) is 8.42 Å². The van der Waals surface area contributed by atoms with Crippen LogP contribution in [-0.4, -0.2) is 41.5 Å². The molecule has 0 amide bonds. The van der Waals surface area contributed by atoms with Crippen molar-refractivity contribution in [2.45, 2.75) is 36.7 Å². The Hall–Kier alpha value is -1.18. The highest BCUT2D eigenvalue weighted by Gasteiger charge is 2.32. The fourth-order valence-electron chi connectivity index (χ4n) is 2.22. The van der Waals surface area contributed by atoms with E-state index in [1.165, 1.54) is 22.8 Å². The first-order valence-electron chi connectivity index (χ1n) is 6.25. The molecule has 0 aliphatic carbocycles. The highest BCUT2D eigenvalue weighted by atomic mass is 32.2. The smallest absolute Gasteiger partial charge is 0.246 e. The number of rotatable bonds is 2. The van der Waals surface area contributed by atoms with Crippen molar-refractivity contribution in [1.29, 1.82) is 0 Å². The largest absolute Gasteiger partial charge is 0.398 e. The minimum atomic E-state index is -3.63. The van der Waals surface area contributed by atoms with Crippen LogP contribution in [0.15, 0.2) is 23.4 Å². The van der Waals surface area contributed by atoms with Crippen molar-refractivity contribution in [2.75, 3.05) is 18.8 Å². The fraction of sp³-hybridized carbons (Fsp3) is 0.583. The van der Waals surface area contributed by atoms with Crippen LogP contribution in [0.1, 0.15) is 26.2 Å². The Bertz CT molecular complexity index is 557. The second-order valence-electron chi connectivity index (χ2n) is 5.17. The summed E-state index contributed by atoms with van der Waals surface area (Å²) in [5.74, 6) is 0. The van der Waals surface area contributed by atoms with Gasteiger partial charge in [-0.15, -0.1) is 0 Å². The molecule has 1 unspecified atom stereocenters. The molecule has 1 saturated heterocycles. The summed E-state index contributed by atoms with van der Waals surface area (Å²) in [5.41, 5.74) is 5.11. The molecule has 1 aliphatic heterocycles. The number of nitrogen functional groups attached to an aromatic ring is 1. The molecule has 0 saturated carbocycles. The molecule has 0 spiro atoms. The van der Waals surface area contributed by atoms with Crippen LogP contribution in [0.2, 0.25) is 0 Å². The highest BCUT2D eigenvalue weighted by Crippen LogP contribution is 2.27. The Labute approximate surface area is 113 Å². The van der Waals surface area contributed by atoms with Gasteiger partial charge >= 0.3 is 0 Å². The summed E-state index contributed by atoms with van der Waals surface area (Å²) in [6.07, 6.45) is 4.38. The molecule has 7 heteroatoms. The van der Waals surface area contributed by atoms with E-state index in [0.29, 0.717) is 32.4 Å². The minimum absolute atomic E-state index is 0.0385. The number of nitrogens with zero attached hydrogens (tertiary/aromatic N) is 2. The molecule has 0 radical (unpaired) electrons. The maximum Gasteiger partial charge on any atom is 0.246 e. The van der Waals surface area contributed by atoms with Crippen LogP contribution in [0.4, 0.5) is 5.69 Å². The molecule has 0 bridgehead atoms. The van der Waals surface area contributed by atoms with Gasteiger partial charge in [0.15, 0.2) is 0 Å². The van der Waals surface area contributed by atoms with Gasteiger partial charge in [0.25, 0.3) is 0 Å². The van der Waals surface area contributed by atoms with Gasteiger partial charge in [0.1, 0.15) is 4.90 Å². The molecule has 1 aromatic heterocycles. The maximum absolute atomic E-state index is 12.5. The lowest BCUT2D eigenvalue weighted by Crippen LogP contribution is -2.34.